The molecule has 2 rings (SSSR count). The second-order valence-electron chi connectivity index (χ2n) is 4.65. The molecule has 7 heteroatoms. The van der Waals surface area contributed by atoms with E-state index in [2.05, 4.69) is 4.72 Å². The first-order valence-corrected chi connectivity index (χ1v) is 7.92. The molecule has 0 amide bonds. The molecule has 2 unspecified atom stereocenters. The van der Waals surface area contributed by atoms with Gasteiger partial charge in [-0.3, -0.25) is 0 Å². The van der Waals surface area contributed by atoms with Crippen molar-refractivity contribution in [1.29, 1.82) is 0 Å². The SMILES string of the molecule is O=S(=O)(NC1CCCCC1O)c1cc(F)ccc1Cl. The zero-order chi connectivity index (χ0) is 14.0. The number of benzene rings is 1. The van der Waals surface area contributed by atoms with Crippen LogP contribution >= 0.6 is 11.6 Å². The van der Waals surface area contributed by atoms with Crippen LogP contribution in [0.15, 0.2) is 23.1 Å². The van der Waals surface area contributed by atoms with Gasteiger partial charge in [0, 0.05) is 6.04 Å². The van der Waals surface area contributed by atoms with Crippen molar-refractivity contribution in [3.8, 4) is 0 Å². The molecule has 0 heterocycles. The fourth-order valence-electron chi connectivity index (χ4n) is 2.19. The van der Waals surface area contributed by atoms with Gasteiger partial charge in [0.1, 0.15) is 10.7 Å². The van der Waals surface area contributed by atoms with E-state index in [1.54, 1.807) is 0 Å². The van der Waals surface area contributed by atoms with Gasteiger partial charge in [0.25, 0.3) is 0 Å². The van der Waals surface area contributed by atoms with Gasteiger partial charge in [-0.1, -0.05) is 24.4 Å². The van der Waals surface area contributed by atoms with Gasteiger partial charge in [-0.15, -0.1) is 0 Å². The third-order valence-electron chi connectivity index (χ3n) is 3.22. The predicted molar refractivity (Wildman–Crippen MR) is 70.0 cm³/mol. The van der Waals surface area contributed by atoms with Gasteiger partial charge in [0.05, 0.1) is 11.1 Å². The highest BCUT2D eigenvalue weighted by Crippen LogP contribution is 2.25. The molecule has 0 aromatic heterocycles. The van der Waals surface area contributed by atoms with Crippen LogP contribution in [0.4, 0.5) is 4.39 Å². The maximum absolute atomic E-state index is 13.1. The minimum Gasteiger partial charge on any atom is -0.391 e. The van der Waals surface area contributed by atoms with Crippen molar-refractivity contribution >= 4 is 21.6 Å². The van der Waals surface area contributed by atoms with Crippen molar-refractivity contribution in [3.05, 3.63) is 29.0 Å². The van der Waals surface area contributed by atoms with E-state index in [9.17, 15) is 17.9 Å². The van der Waals surface area contributed by atoms with Crippen LogP contribution in [0.1, 0.15) is 25.7 Å². The average Bonchev–Trinajstić information content (AvgIpc) is 2.35. The highest BCUT2D eigenvalue weighted by Gasteiger charge is 2.29. The number of aliphatic hydroxyl groups is 1. The highest BCUT2D eigenvalue weighted by atomic mass is 35.5. The van der Waals surface area contributed by atoms with Crippen molar-refractivity contribution in [2.45, 2.75) is 42.7 Å². The van der Waals surface area contributed by atoms with E-state index in [1.165, 1.54) is 6.07 Å². The maximum Gasteiger partial charge on any atom is 0.242 e. The Morgan fingerprint density at radius 1 is 1.32 bits per heavy atom. The van der Waals surface area contributed by atoms with Gasteiger partial charge in [0.15, 0.2) is 0 Å². The van der Waals surface area contributed by atoms with Crippen molar-refractivity contribution in [2.24, 2.45) is 0 Å². The molecule has 1 aromatic rings. The lowest BCUT2D eigenvalue weighted by atomic mass is 9.93. The first kappa shape index (κ1) is 14.7. The monoisotopic (exact) mass is 307 g/mol. The molecule has 1 aliphatic rings. The Hall–Kier alpha value is -0.690. The van der Waals surface area contributed by atoms with Crippen molar-refractivity contribution in [2.75, 3.05) is 0 Å². The summed E-state index contributed by atoms with van der Waals surface area (Å²) in [7, 11) is -3.93. The summed E-state index contributed by atoms with van der Waals surface area (Å²) in [5, 5.41) is 9.73. The number of hydrogen-bond donors (Lipinski definition) is 2. The molecular formula is C12H15ClFNO3S. The van der Waals surface area contributed by atoms with Crippen LogP contribution in [0.2, 0.25) is 5.02 Å². The zero-order valence-electron chi connectivity index (χ0n) is 10.1. The Bertz CT molecular complexity index is 564. The molecule has 1 fully saturated rings. The normalized spacial score (nSPS) is 24.4. The van der Waals surface area contributed by atoms with Gasteiger partial charge >= 0.3 is 0 Å². The van der Waals surface area contributed by atoms with Gasteiger partial charge in [-0.25, -0.2) is 17.5 Å². The first-order valence-electron chi connectivity index (χ1n) is 6.05. The molecule has 2 N–H and O–H groups in total. The molecule has 4 nitrogen and oxygen atoms in total. The lowest BCUT2D eigenvalue weighted by Crippen LogP contribution is -2.45. The Morgan fingerprint density at radius 3 is 2.68 bits per heavy atom. The zero-order valence-corrected chi connectivity index (χ0v) is 11.7. The number of halogens is 2. The van der Waals surface area contributed by atoms with Crippen LogP contribution in [0.5, 0.6) is 0 Å². The summed E-state index contributed by atoms with van der Waals surface area (Å²) in [6.07, 6.45) is 2.13. The minimum absolute atomic E-state index is 0.0424. The number of rotatable bonds is 3. The standard InChI is InChI=1S/C12H15ClFNO3S/c13-9-6-5-8(14)7-12(9)19(17,18)15-10-3-1-2-4-11(10)16/h5-7,10-11,15-16H,1-4H2. The van der Waals surface area contributed by atoms with E-state index >= 15 is 0 Å². The molecule has 106 valence electrons. The van der Waals surface area contributed by atoms with E-state index in [4.69, 9.17) is 11.6 Å². The summed E-state index contributed by atoms with van der Waals surface area (Å²) in [6, 6.07) is 2.62. The molecule has 0 aliphatic heterocycles. The van der Waals surface area contributed by atoms with Crippen LogP contribution in [0.25, 0.3) is 0 Å². The number of hydrogen-bond acceptors (Lipinski definition) is 3. The van der Waals surface area contributed by atoms with Crippen molar-refractivity contribution in [1.82, 2.24) is 4.72 Å². The Balaban J connectivity index is 2.24. The highest BCUT2D eigenvalue weighted by molar-refractivity contribution is 7.89. The summed E-state index contributed by atoms with van der Waals surface area (Å²) in [5.41, 5.74) is 0. The summed E-state index contributed by atoms with van der Waals surface area (Å²) >= 11 is 5.79. The molecule has 1 saturated carbocycles. The molecule has 1 aromatic carbocycles. The number of sulfonamides is 1. The minimum atomic E-state index is -3.93. The molecule has 0 saturated heterocycles. The van der Waals surface area contributed by atoms with E-state index < -0.39 is 28.0 Å². The lowest BCUT2D eigenvalue weighted by Gasteiger charge is -2.28. The first-order chi connectivity index (χ1) is 8.90. The van der Waals surface area contributed by atoms with E-state index in [0.29, 0.717) is 12.8 Å². The van der Waals surface area contributed by atoms with E-state index in [1.807, 2.05) is 0 Å². The van der Waals surface area contributed by atoms with Gasteiger partial charge in [0.2, 0.25) is 10.0 Å². The number of nitrogens with one attached hydrogen (secondary N) is 1. The van der Waals surface area contributed by atoms with Crippen LogP contribution in [-0.2, 0) is 10.0 Å². The molecule has 0 radical (unpaired) electrons. The molecule has 19 heavy (non-hydrogen) atoms. The smallest absolute Gasteiger partial charge is 0.242 e. The third-order valence-corrected chi connectivity index (χ3v) is 5.19. The largest absolute Gasteiger partial charge is 0.391 e. The summed E-state index contributed by atoms with van der Waals surface area (Å²) in [6.45, 7) is 0. The van der Waals surface area contributed by atoms with Crippen LogP contribution in [0.3, 0.4) is 0 Å². The van der Waals surface area contributed by atoms with Crippen LogP contribution in [0, 0.1) is 5.82 Å². The average molecular weight is 308 g/mol. The number of aliphatic hydroxyl groups excluding tert-OH is 1. The molecule has 0 spiro atoms. The van der Waals surface area contributed by atoms with E-state index in [0.717, 1.165) is 25.0 Å². The summed E-state index contributed by atoms with van der Waals surface area (Å²) in [4.78, 5) is -0.299. The van der Waals surface area contributed by atoms with Crippen LogP contribution < -0.4 is 4.72 Å². The summed E-state index contributed by atoms with van der Waals surface area (Å²) < 4.78 is 39.8. The van der Waals surface area contributed by atoms with E-state index in [-0.39, 0.29) is 9.92 Å². The second kappa shape index (κ2) is 5.75. The topological polar surface area (TPSA) is 66.4 Å². The van der Waals surface area contributed by atoms with Gasteiger partial charge < -0.3 is 5.11 Å². The van der Waals surface area contributed by atoms with Gasteiger partial charge in [-0.05, 0) is 31.0 Å². The Morgan fingerprint density at radius 2 is 2.00 bits per heavy atom. The van der Waals surface area contributed by atoms with Crippen molar-refractivity contribution < 1.29 is 17.9 Å². The fourth-order valence-corrected chi connectivity index (χ4v) is 4.01. The molecule has 1 aliphatic carbocycles. The summed E-state index contributed by atoms with van der Waals surface area (Å²) in [5.74, 6) is -0.672. The third kappa shape index (κ3) is 3.45. The quantitative estimate of drug-likeness (QED) is 0.898. The van der Waals surface area contributed by atoms with Crippen molar-refractivity contribution in [3.63, 3.8) is 0 Å². The molecule has 2 atom stereocenters. The fraction of sp³-hybridized carbons (Fsp3) is 0.500. The molecule has 0 bridgehead atoms. The second-order valence-corrected chi connectivity index (χ2v) is 6.74. The Kier molecular flexibility index (Phi) is 4.45. The van der Waals surface area contributed by atoms with Crippen LogP contribution in [-0.4, -0.2) is 25.7 Å². The molecular weight excluding hydrogens is 293 g/mol. The maximum atomic E-state index is 13.1. The Labute approximate surface area is 116 Å². The lowest BCUT2D eigenvalue weighted by molar-refractivity contribution is 0.101. The van der Waals surface area contributed by atoms with Gasteiger partial charge in [-0.2, -0.15) is 0 Å². The predicted octanol–water partition coefficient (Wildman–Crippen LogP) is 2.06.